The van der Waals surface area contributed by atoms with Crippen molar-refractivity contribution in [2.45, 2.75) is 51.1 Å². The minimum atomic E-state index is -1.01. The van der Waals surface area contributed by atoms with Crippen molar-refractivity contribution >= 4 is 8.07 Å². The summed E-state index contributed by atoms with van der Waals surface area (Å²) in [5, 5.41) is 9.69. The van der Waals surface area contributed by atoms with E-state index in [0.717, 1.165) is 12.8 Å². The Hall–Kier alpha value is -0.0831. The molecule has 0 heterocycles. The zero-order chi connectivity index (χ0) is 9.19. The summed E-state index contributed by atoms with van der Waals surface area (Å²) in [6.45, 7) is 7.07. The minimum absolute atomic E-state index is 0.120. The van der Waals surface area contributed by atoms with Crippen LogP contribution < -0.4 is 0 Å². The molecule has 1 aliphatic carbocycles. The Labute approximate surface area is 76.5 Å². The number of rotatable bonds is 2. The topological polar surface area (TPSA) is 20.2 Å². The lowest BCUT2D eigenvalue weighted by atomic mass is 9.98. The van der Waals surface area contributed by atoms with Crippen LogP contribution >= 0.6 is 0 Å². The van der Waals surface area contributed by atoms with Crippen molar-refractivity contribution in [1.29, 1.82) is 0 Å². The summed E-state index contributed by atoms with van der Waals surface area (Å²) in [6, 6.07) is 1.17. The van der Waals surface area contributed by atoms with Crippen LogP contribution in [0.5, 0.6) is 0 Å². The summed E-state index contributed by atoms with van der Waals surface area (Å²) >= 11 is 0. The highest BCUT2D eigenvalue weighted by Gasteiger charge is 2.21. The monoisotopic (exact) mass is 184 g/mol. The van der Waals surface area contributed by atoms with Crippen molar-refractivity contribution in [2.24, 2.45) is 0 Å². The first-order valence-corrected chi connectivity index (χ1v) is 8.57. The van der Waals surface area contributed by atoms with E-state index in [1.807, 2.05) is 0 Å². The van der Waals surface area contributed by atoms with Crippen LogP contribution in [-0.2, 0) is 0 Å². The van der Waals surface area contributed by atoms with Crippen molar-refractivity contribution in [3.05, 3.63) is 11.6 Å². The molecule has 0 aromatic carbocycles. The lowest BCUT2D eigenvalue weighted by Gasteiger charge is -2.25. The quantitative estimate of drug-likeness (QED) is 0.517. The fourth-order valence-corrected chi connectivity index (χ4v) is 3.33. The predicted octanol–water partition coefficient (Wildman–Crippen LogP) is 2.80. The molecule has 0 saturated carbocycles. The molecule has 0 radical (unpaired) electrons. The molecular formula is C10H20OSi. The molecule has 1 rings (SSSR count). The van der Waals surface area contributed by atoms with E-state index in [0.29, 0.717) is 0 Å². The van der Waals surface area contributed by atoms with Gasteiger partial charge >= 0.3 is 0 Å². The molecular weight excluding hydrogens is 164 g/mol. The highest BCUT2D eigenvalue weighted by atomic mass is 28.3. The maximum atomic E-state index is 9.69. The van der Waals surface area contributed by atoms with E-state index in [4.69, 9.17) is 0 Å². The Balaban J connectivity index is 2.55. The number of aliphatic hydroxyl groups is 1. The van der Waals surface area contributed by atoms with Crippen molar-refractivity contribution in [1.82, 2.24) is 0 Å². The molecule has 1 aliphatic rings. The minimum Gasteiger partial charge on any atom is -0.389 e. The largest absolute Gasteiger partial charge is 0.389 e. The zero-order valence-electron chi connectivity index (χ0n) is 8.43. The number of hydrogen-bond acceptors (Lipinski definition) is 1. The molecule has 0 fully saturated rings. The van der Waals surface area contributed by atoms with E-state index in [9.17, 15) is 5.11 Å². The summed E-state index contributed by atoms with van der Waals surface area (Å²) in [6.07, 6.45) is 5.46. The Morgan fingerprint density at radius 2 is 2.17 bits per heavy atom. The molecule has 0 saturated heterocycles. The molecule has 0 aliphatic heterocycles. The van der Waals surface area contributed by atoms with Gasteiger partial charge in [-0.05, 0) is 30.9 Å². The van der Waals surface area contributed by atoms with Crippen LogP contribution in [0.2, 0.25) is 25.7 Å². The summed E-state index contributed by atoms with van der Waals surface area (Å²) in [7, 11) is -1.01. The maximum absolute atomic E-state index is 9.69. The average Bonchev–Trinajstić information content (AvgIpc) is 1.91. The first kappa shape index (κ1) is 10.0. The Bertz CT molecular complexity index is 179. The van der Waals surface area contributed by atoms with Gasteiger partial charge in [-0.1, -0.05) is 25.7 Å². The summed E-state index contributed by atoms with van der Waals surface area (Å²) in [4.78, 5) is 0. The third-order valence-corrected chi connectivity index (χ3v) is 3.72. The van der Waals surface area contributed by atoms with Crippen molar-refractivity contribution in [3.8, 4) is 0 Å². The van der Waals surface area contributed by atoms with Crippen LogP contribution in [0.3, 0.4) is 0 Å². The fourth-order valence-electron chi connectivity index (χ4n) is 1.72. The van der Waals surface area contributed by atoms with Crippen LogP contribution in [0.15, 0.2) is 11.6 Å². The zero-order valence-corrected chi connectivity index (χ0v) is 9.43. The van der Waals surface area contributed by atoms with E-state index in [2.05, 4.69) is 25.7 Å². The highest BCUT2D eigenvalue weighted by Crippen LogP contribution is 2.26. The number of aliphatic hydroxyl groups excluding tert-OH is 1. The smallest absolute Gasteiger partial charge is 0.0747 e. The normalized spacial score (nSPS) is 25.3. The van der Waals surface area contributed by atoms with E-state index in [1.165, 1.54) is 18.0 Å². The molecule has 0 bridgehead atoms. The summed E-state index contributed by atoms with van der Waals surface area (Å²) < 4.78 is 0. The van der Waals surface area contributed by atoms with Gasteiger partial charge in [0.05, 0.1) is 6.10 Å². The third-order valence-electron chi connectivity index (χ3n) is 2.25. The molecule has 1 N–H and O–H groups in total. The van der Waals surface area contributed by atoms with Gasteiger partial charge in [-0.2, -0.15) is 0 Å². The Morgan fingerprint density at radius 1 is 1.50 bits per heavy atom. The van der Waals surface area contributed by atoms with Crippen LogP contribution in [0, 0.1) is 0 Å². The standard InChI is InChI=1S/C10H20OSi/c1-12(2,3)8-9-6-4-5-7-10(9)11/h6,10-11H,4-5,7-8H2,1-3H3. The Kier molecular flexibility index (Phi) is 3.13. The van der Waals surface area contributed by atoms with Gasteiger partial charge < -0.3 is 5.11 Å². The van der Waals surface area contributed by atoms with E-state index in [-0.39, 0.29) is 6.10 Å². The SMILES string of the molecule is C[Si](C)(C)CC1=CCCCC1O. The van der Waals surface area contributed by atoms with Crippen LogP contribution in [0.1, 0.15) is 19.3 Å². The van der Waals surface area contributed by atoms with Gasteiger partial charge in [-0.3, -0.25) is 0 Å². The third kappa shape index (κ3) is 3.11. The van der Waals surface area contributed by atoms with Crippen LogP contribution in [0.25, 0.3) is 0 Å². The molecule has 0 aromatic rings. The first-order valence-electron chi connectivity index (χ1n) is 4.86. The van der Waals surface area contributed by atoms with E-state index >= 15 is 0 Å². The summed E-state index contributed by atoms with van der Waals surface area (Å²) in [5.41, 5.74) is 1.32. The highest BCUT2D eigenvalue weighted by molar-refractivity contribution is 6.76. The second-order valence-corrected chi connectivity index (χ2v) is 10.4. The maximum Gasteiger partial charge on any atom is 0.0747 e. The molecule has 70 valence electrons. The van der Waals surface area contributed by atoms with Crippen LogP contribution in [0.4, 0.5) is 0 Å². The fraction of sp³-hybridized carbons (Fsp3) is 0.800. The van der Waals surface area contributed by atoms with Crippen molar-refractivity contribution < 1.29 is 5.11 Å². The van der Waals surface area contributed by atoms with Crippen molar-refractivity contribution in [3.63, 3.8) is 0 Å². The van der Waals surface area contributed by atoms with E-state index in [1.54, 1.807) is 0 Å². The summed E-state index contributed by atoms with van der Waals surface area (Å²) in [5.74, 6) is 0. The van der Waals surface area contributed by atoms with Gasteiger partial charge in [0, 0.05) is 8.07 Å². The molecule has 2 heteroatoms. The van der Waals surface area contributed by atoms with Gasteiger partial charge in [-0.15, -0.1) is 0 Å². The second-order valence-electron chi connectivity index (χ2n) is 4.96. The Morgan fingerprint density at radius 3 is 2.67 bits per heavy atom. The van der Waals surface area contributed by atoms with Gasteiger partial charge in [-0.25, -0.2) is 0 Å². The average molecular weight is 184 g/mol. The molecule has 0 aromatic heterocycles. The lowest BCUT2D eigenvalue weighted by molar-refractivity contribution is 0.191. The second kappa shape index (κ2) is 3.75. The molecule has 0 amide bonds. The van der Waals surface area contributed by atoms with Gasteiger partial charge in [0.25, 0.3) is 0 Å². The van der Waals surface area contributed by atoms with E-state index < -0.39 is 8.07 Å². The van der Waals surface area contributed by atoms with Gasteiger partial charge in [0.15, 0.2) is 0 Å². The molecule has 1 unspecified atom stereocenters. The molecule has 0 spiro atoms. The number of hydrogen-bond donors (Lipinski definition) is 1. The lowest BCUT2D eigenvalue weighted by Crippen LogP contribution is -2.25. The van der Waals surface area contributed by atoms with Gasteiger partial charge in [0.1, 0.15) is 0 Å². The first-order chi connectivity index (χ1) is 5.49. The molecule has 12 heavy (non-hydrogen) atoms. The molecule has 1 nitrogen and oxygen atoms in total. The van der Waals surface area contributed by atoms with Crippen LogP contribution in [-0.4, -0.2) is 19.3 Å². The van der Waals surface area contributed by atoms with Gasteiger partial charge in [0.2, 0.25) is 0 Å². The number of allylic oxidation sites excluding steroid dienone is 1. The molecule has 1 atom stereocenters. The van der Waals surface area contributed by atoms with Crippen molar-refractivity contribution in [2.75, 3.05) is 0 Å². The predicted molar refractivity (Wildman–Crippen MR) is 56.1 cm³/mol.